The number of aliphatic hydroxyl groups is 1. The van der Waals surface area contributed by atoms with Gasteiger partial charge in [-0.3, -0.25) is 4.98 Å². The second-order valence-corrected chi connectivity index (χ2v) is 8.77. The standard InChI is InChI=1S/C25H29ClFN5O/c26-24-16-31-25(32-21-6-4-20(5-7-21)29-8-9-33)12-23(24)18-11-22(15-28-14-18)30-13-17-2-1-3-19(27)10-17/h1-3,10-12,14-16,20-21,29-30,33H,4-9,13H2,(H,31,32). The highest BCUT2D eigenvalue weighted by Crippen LogP contribution is 2.31. The lowest BCUT2D eigenvalue weighted by atomic mass is 9.91. The third-order valence-electron chi connectivity index (χ3n) is 5.91. The molecule has 33 heavy (non-hydrogen) atoms. The minimum absolute atomic E-state index is 0.173. The van der Waals surface area contributed by atoms with Gasteiger partial charge in [0.15, 0.2) is 0 Å². The van der Waals surface area contributed by atoms with E-state index in [0.717, 1.165) is 53.9 Å². The molecule has 8 heteroatoms. The van der Waals surface area contributed by atoms with Crippen LogP contribution in [0.5, 0.6) is 0 Å². The molecule has 0 amide bonds. The fourth-order valence-corrected chi connectivity index (χ4v) is 4.41. The molecule has 1 aliphatic carbocycles. The van der Waals surface area contributed by atoms with Gasteiger partial charge in [-0.05, 0) is 55.5 Å². The van der Waals surface area contributed by atoms with Crippen LogP contribution in [0.2, 0.25) is 5.02 Å². The normalized spacial score (nSPS) is 18.2. The molecule has 0 saturated heterocycles. The Labute approximate surface area is 198 Å². The van der Waals surface area contributed by atoms with E-state index in [1.54, 1.807) is 24.7 Å². The van der Waals surface area contributed by atoms with Crippen LogP contribution in [0, 0.1) is 5.82 Å². The largest absolute Gasteiger partial charge is 0.395 e. The number of rotatable bonds is 9. The molecule has 0 aliphatic heterocycles. The molecule has 174 valence electrons. The van der Waals surface area contributed by atoms with Crippen molar-refractivity contribution in [2.45, 2.75) is 44.3 Å². The molecule has 6 nitrogen and oxygen atoms in total. The predicted octanol–water partition coefficient (Wildman–Crippen LogP) is 4.85. The Morgan fingerprint density at radius 3 is 2.64 bits per heavy atom. The van der Waals surface area contributed by atoms with Crippen LogP contribution in [0.15, 0.2) is 55.0 Å². The lowest BCUT2D eigenvalue weighted by Crippen LogP contribution is -2.38. The van der Waals surface area contributed by atoms with Gasteiger partial charge in [-0.2, -0.15) is 0 Å². The van der Waals surface area contributed by atoms with Crippen LogP contribution in [0.1, 0.15) is 31.2 Å². The van der Waals surface area contributed by atoms with Gasteiger partial charge in [0.25, 0.3) is 0 Å². The molecule has 4 rings (SSSR count). The number of nitrogens with zero attached hydrogens (tertiary/aromatic N) is 2. The first-order valence-electron chi connectivity index (χ1n) is 11.3. The third kappa shape index (κ3) is 6.63. The van der Waals surface area contributed by atoms with Gasteiger partial charge in [-0.1, -0.05) is 23.7 Å². The van der Waals surface area contributed by atoms with E-state index in [2.05, 4.69) is 25.9 Å². The Hall–Kier alpha value is -2.74. The minimum Gasteiger partial charge on any atom is -0.395 e. The summed E-state index contributed by atoms with van der Waals surface area (Å²) < 4.78 is 13.4. The number of benzene rings is 1. The van der Waals surface area contributed by atoms with Crippen molar-refractivity contribution in [1.29, 1.82) is 0 Å². The number of anilines is 2. The smallest absolute Gasteiger partial charge is 0.126 e. The van der Waals surface area contributed by atoms with Crippen molar-refractivity contribution in [1.82, 2.24) is 15.3 Å². The Morgan fingerprint density at radius 1 is 1.03 bits per heavy atom. The van der Waals surface area contributed by atoms with Gasteiger partial charge in [0, 0.05) is 54.9 Å². The zero-order valence-corrected chi connectivity index (χ0v) is 19.2. The summed E-state index contributed by atoms with van der Waals surface area (Å²) in [5, 5.41) is 19.8. The second-order valence-electron chi connectivity index (χ2n) is 8.37. The van der Waals surface area contributed by atoms with Crippen LogP contribution in [0.3, 0.4) is 0 Å². The van der Waals surface area contributed by atoms with Crippen LogP contribution < -0.4 is 16.0 Å². The third-order valence-corrected chi connectivity index (χ3v) is 6.22. The summed E-state index contributed by atoms with van der Waals surface area (Å²) in [4.78, 5) is 8.82. The first kappa shape index (κ1) is 23.4. The first-order chi connectivity index (χ1) is 16.1. The van der Waals surface area contributed by atoms with E-state index in [4.69, 9.17) is 16.7 Å². The number of pyridine rings is 2. The lowest BCUT2D eigenvalue weighted by molar-refractivity contribution is 0.269. The molecule has 2 aromatic heterocycles. The molecule has 1 fully saturated rings. The van der Waals surface area contributed by atoms with Gasteiger partial charge >= 0.3 is 0 Å². The summed E-state index contributed by atoms with van der Waals surface area (Å²) in [6, 6.07) is 11.3. The van der Waals surface area contributed by atoms with E-state index >= 15 is 0 Å². The molecule has 1 aliphatic rings. The van der Waals surface area contributed by atoms with E-state index in [0.29, 0.717) is 30.2 Å². The topological polar surface area (TPSA) is 82.1 Å². The van der Waals surface area contributed by atoms with Gasteiger partial charge in [-0.25, -0.2) is 9.37 Å². The molecule has 4 N–H and O–H groups in total. The van der Waals surface area contributed by atoms with Crippen molar-refractivity contribution in [3.63, 3.8) is 0 Å². The summed E-state index contributed by atoms with van der Waals surface area (Å²) in [6.07, 6.45) is 9.41. The Balaban J connectivity index is 1.41. The van der Waals surface area contributed by atoms with Crippen molar-refractivity contribution in [3.8, 4) is 11.1 Å². The molecule has 1 saturated carbocycles. The molecule has 0 radical (unpaired) electrons. The average Bonchev–Trinajstić information content (AvgIpc) is 2.84. The molecule has 0 atom stereocenters. The van der Waals surface area contributed by atoms with Gasteiger partial charge in [0.05, 0.1) is 17.3 Å². The number of halogens is 2. The highest BCUT2D eigenvalue weighted by Gasteiger charge is 2.21. The summed E-state index contributed by atoms with van der Waals surface area (Å²) in [5.41, 5.74) is 3.42. The molecule has 0 bridgehead atoms. The zero-order valence-electron chi connectivity index (χ0n) is 18.4. The Morgan fingerprint density at radius 2 is 1.85 bits per heavy atom. The van der Waals surface area contributed by atoms with Crippen LogP contribution in [-0.4, -0.2) is 40.3 Å². The minimum atomic E-state index is -0.250. The number of aromatic nitrogens is 2. The Bertz CT molecular complexity index is 1060. The van der Waals surface area contributed by atoms with Crippen LogP contribution in [-0.2, 0) is 6.54 Å². The SMILES string of the molecule is OCCNC1CCC(Nc2cc(-c3cncc(NCc4cccc(F)c4)c3)c(Cl)cn2)CC1. The molecule has 0 unspecified atom stereocenters. The fourth-order valence-electron chi connectivity index (χ4n) is 4.19. The molecular formula is C25H29ClFN5O. The average molecular weight is 470 g/mol. The van der Waals surface area contributed by atoms with Crippen molar-refractivity contribution in [2.75, 3.05) is 23.8 Å². The number of aliphatic hydroxyl groups excluding tert-OH is 1. The quantitative estimate of drug-likeness (QED) is 0.358. The first-order valence-corrected chi connectivity index (χ1v) is 11.7. The van der Waals surface area contributed by atoms with Crippen molar-refractivity contribution in [2.24, 2.45) is 0 Å². The number of nitrogens with one attached hydrogen (secondary N) is 3. The number of hydrogen-bond donors (Lipinski definition) is 4. The summed E-state index contributed by atoms with van der Waals surface area (Å²) in [6.45, 7) is 1.32. The Kier molecular flexibility index (Phi) is 8.10. The van der Waals surface area contributed by atoms with E-state index in [1.807, 2.05) is 18.2 Å². The number of hydrogen-bond acceptors (Lipinski definition) is 6. The van der Waals surface area contributed by atoms with E-state index < -0.39 is 0 Å². The monoisotopic (exact) mass is 469 g/mol. The lowest BCUT2D eigenvalue weighted by Gasteiger charge is -2.30. The molecule has 3 aromatic rings. The van der Waals surface area contributed by atoms with Gasteiger partial charge in [0.1, 0.15) is 11.6 Å². The van der Waals surface area contributed by atoms with Crippen molar-refractivity contribution in [3.05, 3.63) is 71.4 Å². The van der Waals surface area contributed by atoms with Gasteiger partial charge in [-0.15, -0.1) is 0 Å². The second kappa shape index (κ2) is 11.4. The zero-order chi connectivity index (χ0) is 23.0. The molecule has 1 aromatic carbocycles. The summed E-state index contributed by atoms with van der Waals surface area (Å²) >= 11 is 6.48. The fraction of sp³-hybridized carbons (Fsp3) is 0.360. The van der Waals surface area contributed by atoms with E-state index in [9.17, 15) is 4.39 Å². The van der Waals surface area contributed by atoms with Crippen LogP contribution >= 0.6 is 11.6 Å². The maximum atomic E-state index is 13.4. The predicted molar refractivity (Wildman–Crippen MR) is 131 cm³/mol. The van der Waals surface area contributed by atoms with Crippen molar-refractivity contribution >= 4 is 23.1 Å². The highest BCUT2D eigenvalue weighted by atomic mass is 35.5. The summed E-state index contributed by atoms with van der Waals surface area (Å²) in [5.74, 6) is 0.541. The summed E-state index contributed by atoms with van der Waals surface area (Å²) in [7, 11) is 0. The molecule has 2 heterocycles. The van der Waals surface area contributed by atoms with E-state index in [1.165, 1.54) is 12.1 Å². The molecule has 0 spiro atoms. The van der Waals surface area contributed by atoms with Gasteiger partial charge < -0.3 is 21.1 Å². The van der Waals surface area contributed by atoms with Gasteiger partial charge in [0.2, 0.25) is 0 Å². The molecular weight excluding hydrogens is 441 g/mol. The maximum Gasteiger partial charge on any atom is 0.126 e. The maximum absolute atomic E-state index is 13.4. The van der Waals surface area contributed by atoms with E-state index in [-0.39, 0.29) is 12.4 Å². The van der Waals surface area contributed by atoms with Crippen LogP contribution in [0.25, 0.3) is 11.1 Å². The van der Waals surface area contributed by atoms with Crippen molar-refractivity contribution < 1.29 is 9.50 Å². The highest BCUT2D eigenvalue weighted by molar-refractivity contribution is 6.33. The van der Waals surface area contributed by atoms with Crippen LogP contribution in [0.4, 0.5) is 15.9 Å².